The molecule has 0 spiro atoms. The Hall–Kier alpha value is -1.96. The number of rotatable bonds is 3. The van der Waals surface area contributed by atoms with Crippen LogP contribution >= 0.6 is 0 Å². The van der Waals surface area contributed by atoms with Gasteiger partial charge in [-0.1, -0.05) is 12.1 Å². The normalized spacial score (nSPS) is 10.4. The second-order valence-corrected chi connectivity index (χ2v) is 3.48. The van der Waals surface area contributed by atoms with Crippen molar-refractivity contribution < 1.29 is 18.0 Å². The zero-order chi connectivity index (χ0) is 13.6. The van der Waals surface area contributed by atoms with Crippen molar-refractivity contribution in [2.24, 2.45) is 0 Å². The third-order valence-corrected chi connectivity index (χ3v) is 2.19. The Kier molecular flexibility index (Phi) is 4.78. The molecule has 1 rings (SSSR count). The SMILES string of the molecule is CC#CCCNC(=O)c1ccccc1C(F)(F)F. The molecule has 0 radical (unpaired) electrons. The number of halogens is 3. The van der Waals surface area contributed by atoms with Gasteiger partial charge in [0.2, 0.25) is 0 Å². The molecule has 0 aliphatic carbocycles. The van der Waals surface area contributed by atoms with Gasteiger partial charge in [-0.15, -0.1) is 11.8 Å². The maximum atomic E-state index is 12.6. The zero-order valence-corrected chi connectivity index (χ0v) is 9.77. The largest absolute Gasteiger partial charge is 0.417 e. The number of nitrogens with one attached hydrogen (secondary N) is 1. The molecular weight excluding hydrogens is 243 g/mol. The van der Waals surface area contributed by atoms with Gasteiger partial charge in [-0.3, -0.25) is 4.79 Å². The van der Waals surface area contributed by atoms with Crippen molar-refractivity contribution in [3.63, 3.8) is 0 Å². The summed E-state index contributed by atoms with van der Waals surface area (Å²) < 4.78 is 37.9. The van der Waals surface area contributed by atoms with Crippen molar-refractivity contribution in [1.82, 2.24) is 5.32 Å². The Labute approximate surface area is 103 Å². The number of benzene rings is 1. The summed E-state index contributed by atoms with van der Waals surface area (Å²) in [5.41, 5.74) is -1.29. The molecule has 5 heteroatoms. The van der Waals surface area contributed by atoms with E-state index in [9.17, 15) is 18.0 Å². The van der Waals surface area contributed by atoms with Gasteiger partial charge in [0.05, 0.1) is 11.1 Å². The smallest absolute Gasteiger partial charge is 0.351 e. The summed E-state index contributed by atoms with van der Waals surface area (Å²) in [6, 6.07) is 4.70. The predicted octanol–water partition coefficient (Wildman–Crippen LogP) is 2.85. The van der Waals surface area contributed by atoms with E-state index in [0.29, 0.717) is 6.42 Å². The third kappa shape index (κ3) is 3.81. The standard InChI is InChI=1S/C13H12F3NO/c1-2-3-6-9-17-12(18)10-7-4-5-8-11(10)13(14,15)16/h4-5,7-8H,6,9H2,1H3,(H,17,18). The van der Waals surface area contributed by atoms with Crippen LogP contribution in [-0.4, -0.2) is 12.5 Å². The maximum Gasteiger partial charge on any atom is 0.417 e. The highest BCUT2D eigenvalue weighted by Crippen LogP contribution is 2.31. The minimum Gasteiger partial charge on any atom is -0.351 e. The summed E-state index contributed by atoms with van der Waals surface area (Å²) in [5.74, 6) is 4.61. The van der Waals surface area contributed by atoms with Gasteiger partial charge in [0.1, 0.15) is 0 Å². The lowest BCUT2D eigenvalue weighted by molar-refractivity contribution is -0.137. The minimum atomic E-state index is -4.53. The highest BCUT2D eigenvalue weighted by molar-refractivity contribution is 5.95. The second-order valence-electron chi connectivity index (χ2n) is 3.48. The van der Waals surface area contributed by atoms with Crippen LogP contribution in [0.1, 0.15) is 29.3 Å². The summed E-state index contributed by atoms with van der Waals surface area (Å²) in [7, 11) is 0. The summed E-state index contributed by atoms with van der Waals surface area (Å²) in [4.78, 5) is 11.6. The molecule has 18 heavy (non-hydrogen) atoms. The Morgan fingerprint density at radius 3 is 2.61 bits per heavy atom. The van der Waals surface area contributed by atoms with Gasteiger partial charge < -0.3 is 5.32 Å². The Balaban J connectivity index is 2.82. The van der Waals surface area contributed by atoms with Crippen molar-refractivity contribution in [2.75, 3.05) is 6.54 Å². The molecule has 0 saturated heterocycles. The molecule has 0 fully saturated rings. The number of amides is 1. The first-order valence-electron chi connectivity index (χ1n) is 5.31. The van der Waals surface area contributed by atoms with Crippen LogP contribution in [0.5, 0.6) is 0 Å². The van der Waals surface area contributed by atoms with Gasteiger partial charge in [0.15, 0.2) is 0 Å². The molecule has 1 amide bonds. The van der Waals surface area contributed by atoms with Crippen LogP contribution < -0.4 is 5.32 Å². The molecule has 0 atom stereocenters. The quantitative estimate of drug-likeness (QED) is 0.653. The molecule has 1 aromatic carbocycles. The van der Waals surface area contributed by atoms with Gasteiger partial charge in [-0.25, -0.2) is 0 Å². The molecule has 0 saturated carbocycles. The molecule has 1 aromatic rings. The molecule has 0 bridgehead atoms. The third-order valence-electron chi connectivity index (χ3n) is 2.19. The van der Waals surface area contributed by atoms with E-state index >= 15 is 0 Å². The molecule has 0 unspecified atom stereocenters. The first-order valence-corrected chi connectivity index (χ1v) is 5.31. The van der Waals surface area contributed by atoms with Gasteiger partial charge in [0, 0.05) is 13.0 Å². The van der Waals surface area contributed by atoms with Crippen molar-refractivity contribution >= 4 is 5.91 Å². The maximum absolute atomic E-state index is 12.6. The van der Waals surface area contributed by atoms with Gasteiger partial charge in [0.25, 0.3) is 5.91 Å². The van der Waals surface area contributed by atoms with Gasteiger partial charge >= 0.3 is 6.18 Å². The predicted molar refractivity (Wildman–Crippen MR) is 61.8 cm³/mol. The zero-order valence-electron chi connectivity index (χ0n) is 9.77. The number of alkyl halides is 3. The summed E-state index contributed by atoms with van der Waals surface area (Å²) in [6.45, 7) is 1.88. The number of hydrogen-bond acceptors (Lipinski definition) is 1. The lowest BCUT2D eigenvalue weighted by atomic mass is 10.1. The highest BCUT2D eigenvalue weighted by atomic mass is 19.4. The molecule has 96 valence electrons. The summed E-state index contributed by atoms with van der Waals surface area (Å²) >= 11 is 0. The van der Waals surface area contributed by atoms with E-state index in [0.717, 1.165) is 12.1 Å². The molecule has 0 aliphatic heterocycles. The fourth-order valence-corrected chi connectivity index (χ4v) is 1.39. The second kappa shape index (κ2) is 6.10. The fraction of sp³-hybridized carbons (Fsp3) is 0.308. The minimum absolute atomic E-state index is 0.228. The number of hydrogen-bond donors (Lipinski definition) is 1. The van der Waals surface area contributed by atoms with Crippen molar-refractivity contribution in [2.45, 2.75) is 19.5 Å². The van der Waals surface area contributed by atoms with Crippen LogP contribution in [0.4, 0.5) is 13.2 Å². The molecule has 2 nitrogen and oxygen atoms in total. The molecule has 0 heterocycles. The van der Waals surface area contributed by atoms with E-state index in [-0.39, 0.29) is 12.1 Å². The van der Waals surface area contributed by atoms with Crippen LogP contribution in [0.3, 0.4) is 0 Å². The van der Waals surface area contributed by atoms with Crippen molar-refractivity contribution in [3.8, 4) is 11.8 Å². The van der Waals surface area contributed by atoms with Gasteiger partial charge in [-0.05, 0) is 19.1 Å². The van der Waals surface area contributed by atoms with Gasteiger partial charge in [-0.2, -0.15) is 13.2 Å². The van der Waals surface area contributed by atoms with Crippen LogP contribution in [0.15, 0.2) is 24.3 Å². The first kappa shape index (κ1) is 14.1. The average molecular weight is 255 g/mol. The number of carbonyl (C=O) groups is 1. The van der Waals surface area contributed by atoms with E-state index in [1.807, 2.05) is 0 Å². The Morgan fingerprint density at radius 2 is 2.00 bits per heavy atom. The van der Waals surface area contributed by atoms with Crippen LogP contribution in [0, 0.1) is 11.8 Å². The molecule has 0 aliphatic rings. The monoisotopic (exact) mass is 255 g/mol. The number of carbonyl (C=O) groups excluding carboxylic acids is 1. The summed E-state index contributed by atoms with van der Waals surface area (Å²) in [6.07, 6.45) is -4.12. The van der Waals surface area contributed by atoms with Crippen molar-refractivity contribution in [3.05, 3.63) is 35.4 Å². The lowest BCUT2D eigenvalue weighted by Gasteiger charge is -2.12. The van der Waals surface area contributed by atoms with Crippen molar-refractivity contribution in [1.29, 1.82) is 0 Å². The van der Waals surface area contributed by atoms with Crippen LogP contribution in [-0.2, 0) is 6.18 Å². The molecular formula is C13H12F3NO. The Morgan fingerprint density at radius 1 is 1.33 bits per heavy atom. The fourth-order valence-electron chi connectivity index (χ4n) is 1.39. The van der Waals surface area contributed by atoms with E-state index < -0.39 is 17.6 Å². The average Bonchev–Trinajstić information content (AvgIpc) is 2.33. The van der Waals surface area contributed by atoms with Crippen LogP contribution in [0.2, 0.25) is 0 Å². The lowest BCUT2D eigenvalue weighted by Crippen LogP contribution is -2.26. The van der Waals surface area contributed by atoms with E-state index in [1.165, 1.54) is 12.1 Å². The Bertz CT molecular complexity index is 483. The molecule has 0 aromatic heterocycles. The molecule has 1 N–H and O–H groups in total. The first-order chi connectivity index (χ1) is 8.46. The van der Waals surface area contributed by atoms with E-state index in [2.05, 4.69) is 17.2 Å². The summed E-state index contributed by atoms with van der Waals surface area (Å²) in [5, 5.41) is 2.40. The highest BCUT2D eigenvalue weighted by Gasteiger charge is 2.34. The van der Waals surface area contributed by atoms with E-state index in [4.69, 9.17) is 0 Å². The van der Waals surface area contributed by atoms with Crippen LogP contribution in [0.25, 0.3) is 0 Å². The van der Waals surface area contributed by atoms with E-state index in [1.54, 1.807) is 6.92 Å². The topological polar surface area (TPSA) is 29.1 Å².